The maximum atomic E-state index is 5.81. The van der Waals surface area contributed by atoms with Crippen molar-refractivity contribution in [3.8, 4) is 0 Å². The van der Waals surface area contributed by atoms with Gasteiger partial charge in [0, 0.05) is 19.1 Å². The van der Waals surface area contributed by atoms with Gasteiger partial charge in [0.05, 0.1) is 13.3 Å². The number of hydrogen-bond acceptors (Lipinski definition) is 3. The topological polar surface area (TPSA) is 24.5 Å². The molecule has 0 amide bonds. The molecule has 0 radical (unpaired) electrons. The molecular weight excluding hydrogens is 200 g/mol. The zero-order valence-electron chi connectivity index (χ0n) is 10.6. The Labute approximate surface area is 99.5 Å². The van der Waals surface area contributed by atoms with Crippen molar-refractivity contribution >= 4 is 0 Å². The van der Waals surface area contributed by atoms with Crippen molar-refractivity contribution in [3.63, 3.8) is 0 Å². The molecule has 1 heterocycles. The molecule has 0 aromatic carbocycles. The van der Waals surface area contributed by atoms with Crippen LogP contribution in [0.1, 0.15) is 39.0 Å². The fourth-order valence-corrected chi connectivity index (χ4v) is 2.39. The summed E-state index contributed by atoms with van der Waals surface area (Å²) in [5, 5.41) is 3.46. The SMILES string of the molecule is CCNCC1CCCCN1COCC1CC1. The summed E-state index contributed by atoms with van der Waals surface area (Å²) in [4.78, 5) is 2.52. The predicted octanol–water partition coefficient (Wildman–Crippen LogP) is 1.83. The number of likely N-dealkylation sites (N-methyl/N-ethyl adjacent to an activating group) is 1. The van der Waals surface area contributed by atoms with Gasteiger partial charge in [-0.15, -0.1) is 0 Å². The van der Waals surface area contributed by atoms with E-state index in [1.807, 2.05) is 0 Å². The van der Waals surface area contributed by atoms with Crippen molar-refractivity contribution in [1.82, 2.24) is 10.2 Å². The highest BCUT2D eigenvalue weighted by atomic mass is 16.5. The first-order valence-electron chi connectivity index (χ1n) is 6.92. The third kappa shape index (κ3) is 4.04. The van der Waals surface area contributed by atoms with Crippen LogP contribution in [0.25, 0.3) is 0 Å². The van der Waals surface area contributed by atoms with Crippen LogP contribution in [0.5, 0.6) is 0 Å². The minimum Gasteiger partial charge on any atom is -0.366 e. The van der Waals surface area contributed by atoms with E-state index in [1.165, 1.54) is 38.6 Å². The first-order valence-corrected chi connectivity index (χ1v) is 6.92. The van der Waals surface area contributed by atoms with Crippen LogP contribution in [-0.4, -0.2) is 43.9 Å². The van der Waals surface area contributed by atoms with Gasteiger partial charge >= 0.3 is 0 Å². The fourth-order valence-electron chi connectivity index (χ4n) is 2.39. The normalized spacial score (nSPS) is 27.2. The number of piperidine rings is 1. The number of hydrogen-bond donors (Lipinski definition) is 1. The maximum absolute atomic E-state index is 5.81. The molecule has 2 rings (SSSR count). The van der Waals surface area contributed by atoms with E-state index in [-0.39, 0.29) is 0 Å². The number of likely N-dealkylation sites (tertiary alicyclic amines) is 1. The van der Waals surface area contributed by atoms with E-state index < -0.39 is 0 Å². The van der Waals surface area contributed by atoms with Gasteiger partial charge in [0.25, 0.3) is 0 Å². The van der Waals surface area contributed by atoms with Crippen LogP contribution >= 0.6 is 0 Å². The Morgan fingerprint density at radius 1 is 1.25 bits per heavy atom. The molecule has 3 heteroatoms. The lowest BCUT2D eigenvalue weighted by atomic mass is 10.0. The molecule has 16 heavy (non-hydrogen) atoms. The van der Waals surface area contributed by atoms with Gasteiger partial charge in [0.2, 0.25) is 0 Å². The quantitative estimate of drug-likeness (QED) is 0.717. The molecule has 94 valence electrons. The van der Waals surface area contributed by atoms with Crippen molar-refractivity contribution in [1.29, 1.82) is 0 Å². The second kappa shape index (κ2) is 6.58. The van der Waals surface area contributed by atoms with Gasteiger partial charge in [0.1, 0.15) is 0 Å². The molecule has 0 aromatic rings. The van der Waals surface area contributed by atoms with E-state index in [1.54, 1.807) is 0 Å². The summed E-state index contributed by atoms with van der Waals surface area (Å²) in [5.74, 6) is 0.886. The van der Waals surface area contributed by atoms with Crippen molar-refractivity contribution in [2.24, 2.45) is 5.92 Å². The molecule has 3 nitrogen and oxygen atoms in total. The minimum atomic E-state index is 0.702. The molecule has 1 atom stereocenters. The highest BCUT2D eigenvalue weighted by molar-refractivity contribution is 4.77. The van der Waals surface area contributed by atoms with Gasteiger partial charge in [0.15, 0.2) is 0 Å². The Kier molecular flexibility index (Phi) is 5.07. The van der Waals surface area contributed by atoms with Crippen LogP contribution in [0.15, 0.2) is 0 Å². The van der Waals surface area contributed by atoms with Gasteiger partial charge in [-0.3, -0.25) is 4.90 Å². The Morgan fingerprint density at radius 2 is 2.12 bits per heavy atom. The molecule has 2 aliphatic rings. The van der Waals surface area contributed by atoms with Gasteiger partial charge in [-0.05, 0) is 38.1 Å². The van der Waals surface area contributed by atoms with Crippen LogP contribution in [0.4, 0.5) is 0 Å². The summed E-state index contributed by atoms with van der Waals surface area (Å²) >= 11 is 0. The summed E-state index contributed by atoms with van der Waals surface area (Å²) in [6.45, 7) is 7.45. The van der Waals surface area contributed by atoms with E-state index in [4.69, 9.17) is 4.74 Å². The molecule has 2 fully saturated rings. The lowest BCUT2D eigenvalue weighted by Gasteiger charge is -2.35. The Morgan fingerprint density at radius 3 is 2.88 bits per heavy atom. The summed E-state index contributed by atoms with van der Waals surface area (Å²) in [6.07, 6.45) is 6.84. The van der Waals surface area contributed by atoms with Gasteiger partial charge < -0.3 is 10.1 Å². The molecule has 1 unspecified atom stereocenters. The molecule has 0 bridgehead atoms. The Bertz CT molecular complexity index is 194. The van der Waals surface area contributed by atoms with Crippen molar-refractivity contribution in [3.05, 3.63) is 0 Å². The molecular formula is C13H26N2O. The van der Waals surface area contributed by atoms with Crippen molar-refractivity contribution < 1.29 is 4.74 Å². The number of nitrogens with zero attached hydrogens (tertiary/aromatic N) is 1. The molecule has 1 aliphatic heterocycles. The van der Waals surface area contributed by atoms with E-state index in [2.05, 4.69) is 17.1 Å². The second-order valence-corrected chi connectivity index (χ2v) is 5.21. The highest BCUT2D eigenvalue weighted by Gasteiger charge is 2.24. The first kappa shape index (κ1) is 12.3. The lowest BCUT2D eigenvalue weighted by Crippen LogP contribution is -2.46. The lowest BCUT2D eigenvalue weighted by molar-refractivity contribution is -0.0129. The van der Waals surface area contributed by atoms with Gasteiger partial charge in [-0.2, -0.15) is 0 Å². The van der Waals surface area contributed by atoms with E-state index >= 15 is 0 Å². The predicted molar refractivity (Wildman–Crippen MR) is 66.4 cm³/mol. The van der Waals surface area contributed by atoms with E-state index in [0.29, 0.717) is 6.04 Å². The van der Waals surface area contributed by atoms with Crippen LogP contribution in [-0.2, 0) is 4.74 Å². The van der Waals surface area contributed by atoms with Crippen molar-refractivity contribution in [2.75, 3.05) is 33.0 Å². The summed E-state index contributed by atoms with van der Waals surface area (Å²) in [6, 6.07) is 0.702. The summed E-state index contributed by atoms with van der Waals surface area (Å²) < 4.78 is 5.81. The fraction of sp³-hybridized carbons (Fsp3) is 1.00. The van der Waals surface area contributed by atoms with E-state index in [9.17, 15) is 0 Å². The minimum absolute atomic E-state index is 0.702. The second-order valence-electron chi connectivity index (χ2n) is 5.21. The summed E-state index contributed by atoms with van der Waals surface area (Å²) in [5.41, 5.74) is 0. The van der Waals surface area contributed by atoms with Crippen LogP contribution in [0.3, 0.4) is 0 Å². The molecule has 1 saturated carbocycles. The standard InChI is InChI=1S/C13H26N2O/c1-2-14-9-13-5-3-4-8-15(13)11-16-10-12-6-7-12/h12-14H,2-11H2,1H3. The zero-order chi connectivity index (χ0) is 11.2. The van der Waals surface area contributed by atoms with Crippen molar-refractivity contribution in [2.45, 2.75) is 45.1 Å². The molecule has 0 spiro atoms. The number of ether oxygens (including phenoxy) is 1. The van der Waals surface area contributed by atoms with E-state index in [0.717, 1.165) is 32.3 Å². The van der Waals surface area contributed by atoms with Crippen LogP contribution < -0.4 is 5.32 Å². The first-order chi connectivity index (χ1) is 7.90. The molecule has 0 aromatic heterocycles. The maximum Gasteiger partial charge on any atom is 0.0993 e. The smallest absolute Gasteiger partial charge is 0.0993 e. The number of rotatable bonds is 7. The third-order valence-corrected chi connectivity index (χ3v) is 3.69. The molecule has 1 saturated heterocycles. The largest absolute Gasteiger partial charge is 0.366 e. The zero-order valence-corrected chi connectivity index (χ0v) is 10.6. The van der Waals surface area contributed by atoms with Crippen LogP contribution in [0, 0.1) is 5.92 Å². The Hall–Kier alpha value is -0.120. The number of nitrogens with one attached hydrogen (secondary N) is 1. The highest BCUT2D eigenvalue weighted by Crippen LogP contribution is 2.29. The molecule has 1 aliphatic carbocycles. The third-order valence-electron chi connectivity index (χ3n) is 3.69. The summed E-state index contributed by atoms with van der Waals surface area (Å²) in [7, 11) is 0. The van der Waals surface area contributed by atoms with Crippen LogP contribution in [0.2, 0.25) is 0 Å². The average Bonchev–Trinajstić information content (AvgIpc) is 3.12. The Balaban J connectivity index is 1.65. The average molecular weight is 226 g/mol. The van der Waals surface area contributed by atoms with Gasteiger partial charge in [-0.25, -0.2) is 0 Å². The van der Waals surface area contributed by atoms with Gasteiger partial charge in [-0.1, -0.05) is 13.3 Å². The molecule has 1 N–H and O–H groups in total. The monoisotopic (exact) mass is 226 g/mol.